The molecule has 1 aliphatic heterocycles. The Hall–Kier alpha value is -2.98. The van der Waals surface area contributed by atoms with Gasteiger partial charge in [-0.05, 0) is 51.0 Å². The smallest absolute Gasteiger partial charge is 0.244 e. The topological polar surface area (TPSA) is 105 Å². The summed E-state index contributed by atoms with van der Waals surface area (Å²) in [7, 11) is -3.86. The number of rotatable bonds is 11. The number of ether oxygens (including phenoxy) is 2. The fraction of sp³-hybridized carbons (Fsp3) is 0.462. The molecule has 0 aliphatic carbocycles. The number of halogens is 1. The van der Waals surface area contributed by atoms with E-state index in [0.29, 0.717) is 35.3 Å². The zero-order chi connectivity index (χ0) is 27.2. The molecule has 2 aromatic carbocycles. The summed E-state index contributed by atoms with van der Waals surface area (Å²) in [5.41, 5.74) is 0.916. The molecule has 0 unspecified atom stereocenters. The number of anilines is 1. The molecule has 0 fully saturated rings. The average Bonchev–Trinajstić information content (AvgIpc) is 2.90. The van der Waals surface area contributed by atoms with Crippen LogP contribution >= 0.6 is 11.6 Å². The van der Waals surface area contributed by atoms with Gasteiger partial charge in [0.15, 0.2) is 11.5 Å². The Labute approximate surface area is 223 Å². The van der Waals surface area contributed by atoms with Crippen LogP contribution in [0.5, 0.6) is 11.5 Å². The Morgan fingerprint density at radius 3 is 2.38 bits per heavy atom. The number of hydrogen-bond donors (Lipinski definition) is 1. The Morgan fingerprint density at radius 2 is 1.73 bits per heavy atom. The second kappa shape index (κ2) is 12.5. The van der Waals surface area contributed by atoms with E-state index in [1.807, 2.05) is 13.8 Å². The number of carbonyl (C=O) groups is 2. The summed E-state index contributed by atoms with van der Waals surface area (Å²) in [6, 6.07) is 10.8. The molecule has 3 rings (SSSR count). The van der Waals surface area contributed by atoms with E-state index < -0.39 is 28.5 Å². The highest BCUT2D eigenvalue weighted by Crippen LogP contribution is 2.35. The minimum atomic E-state index is -3.86. The number of amides is 2. The van der Waals surface area contributed by atoms with Crippen molar-refractivity contribution in [3.63, 3.8) is 0 Å². The Bertz CT molecular complexity index is 1220. The number of fused-ring (bicyclic) bond motifs is 1. The highest BCUT2D eigenvalue weighted by atomic mass is 35.5. The van der Waals surface area contributed by atoms with Gasteiger partial charge in [0, 0.05) is 23.7 Å². The van der Waals surface area contributed by atoms with Gasteiger partial charge in [0.2, 0.25) is 21.8 Å². The molecule has 37 heavy (non-hydrogen) atoms. The standard InChI is InChI=1S/C26H34ClN3O6S/c1-5-18(3)28-26(32)19(4)29(16-20-9-7-8-10-22(20)27)25(31)17-30(37(33,34)6-2)21-11-12-23-24(15-21)36-14-13-35-23/h7-12,15,18-19H,5-6,13-14,16-17H2,1-4H3,(H,28,32)/t18-,19-/m0/s1. The zero-order valence-corrected chi connectivity index (χ0v) is 23.1. The average molecular weight is 552 g/mol. The van der Waals surface area contributed by atoms with Crippen LogP contribution in [0.1, 0.15) is 39.7 Å². The van der Waals surface area contributed by atoms with Gasteiger partial charge in [0.1, 0.15) is 25.8 Å². The van der Waals surface area contributed by atoms with Crippen molar-refractivity contribution in [2.24, 2.45) is 0 Å². The van der Waals surface area contributed by atoms with Crippen LogP contribution in [0.2, 0.25) is 5.02 Å². The highest BCUT2D eigenvalue weighted by molar-refractivity contribution is 7.92. The van der Waals surface area contributed by atoms with E-state index in [4.69, 9.17) is 21.1 Å². The van der Waals surface area contributed by atoms with Gasteiger partial charge in [0.05, 0.1) is 11.4 Å². The molecule has 0 saturated heterocycles. The predicted octanol–water partition coefficient (Wildman–Crippen LogP) is 3.60. The van der Waals surface area contributed by atoms with Crippen LogP contribution < -0.4 is 19.1 Å². The second-order valence-corrected chi connectivity index (χ2v) is 11.4. The molecule has 0 radical (unpaired) electrons. The molecule has 2 atom stereocenters. The molecule has 1 aliphatic rings. The lowest BCUT2D eigenvalue weighted by atomic mass is 10.1. The lowest BCUT2D eigenvalue weighted by molar-refractivity contribution is -0.139. The summed E-state index contributed by atoms with van der Waals surface area (Å²) >= 11 is 6.36. The third kappa shape index (κ3) is 7.07. The molecule has 0 spiro atoms. The first-order valence-corrected chi connectivity index (χ1v) is 14.3. The Kier molecular flexibility index (Phi) is 9.67. The first kappa shape index (κ1) is 28.6. The SMILES string of the molecule is CC[C@H](C)NC(=O)[C@H](C)N(Cc1ccccc1Cl)C(=O)CN(c1ccc2c(c1)OCCO2)S(=O)(=O)CC. The van der Waals surface area contributed by atoms with Crippen molar-refractivity contribution in [1.29, 1.82) is 0 Å². The molecule has 0 bridgehead atoms. The van der Waals surface area contributed by atoms with E-state index in [0.717, 1.165) is 10.7 Å². The molecular weight excluding hydrogens is 518 g/mol. The molecule has 0 aromatic heterocycles. The van der Waals surface area contributed by atoms with E-state index in [1.54, 1.807) is 49.4 Å². The number of carbonyl (C=O) groups excluding carboxylic acids is 2. The Balaban J connectivity index is 1.95. The van der Waals surface area contributed by atoms with Crippen molar-refractivity contribution in [2.75, 3.05) is 29.8 Å². The molecule has 1 N–H and O–H groups in total. The van der Waals surface area contributed by atoms with Crippen molar-refractivity contribution in [3.8, 4) is 11.5 Å². The van der Waals surface area contributed by atoms with Gasteiger partial charge in [-0.1, -0.05) is 36.7 Å². The number of nitrogens with one attached hydrogen (secondary N) is 1. The molecular formula is C26H34ClN3O6S. The molecule has 2 aromatic rings. The first-order chi connectivity index (χ1) is 17.6. The van der Waals surface area contributed by atoms with E-state index in [9.17, 15) is 18.0 Å². The first-order valence-electron chi connectivity index (χ1n) is 12.3. The lowest BCUT2D eigenvalue weighted by Gasteiger charge is -2.32. The third-order valence-corrected chi connectivity index (χ3v) is 8.37. The van der Waals surface area contributed by atoms with Crippen LogP contribution in [0.3, 0.4) is 0 Å². The van der Waals surface area contributed by atoms with Crippen molar-refractivity contribution < 1.29 is 27.5 Å². The largest absolute Gasteiger partial charge is 0.486 e. The van der Waals surface area contributed by atoms with E-state index in [1.165, 1.54) is 11.8 Å². The second-order valence-electron chi connectivity index (χ2n) is 8.84. The van der Waals surface area contributed by atoms with Crippen LogP contribution in [0.4, 0.5) is 5.69 Å². The van der Waals surface area contributed by atoms with Crippen molar-refractivity contribution >= 4 is 39.1 Å². The van der Waals surface area contributed by atoms with Gasteiger partial charge < -0.3 is 19.7 Å². The fourth-order valence-electron chi connectivity index (χ4n) is 3.77. The van der Waals surface area contributed by atoms with Gasteiger partial charge >= 0.3 is 0 Å². The van der Waals surface area contributed by atoms with Crippen LogP contribution in [-0.4, -0.2) is 62.7 Å². The summed E-state index contributed by atoms with van der Waals surface area (Å²) in [5, 5.41) is 3.34. The van der Waals surface area contributed by atoms with E-state index in [2.05, 4.69) is 5.32 Å². The maximum Gasteiger partial charge on any atom is 0.244 e. The molecule has 1 heterocycles. The highest BCUT2D eigenvalue weighted by Gasteiger charge is 2.32. The summed E-state index contributed by atoms with van der Waals surface area (Å²) in [6.07, 6.45) is 0.726. The van der Waals surface area contributed by atoms with Gasteiger partial charge in [-0.2, -0.15) is 0 Å². The maximum absolute atomic E-state index is 13.7. The maximum atomic E-state index is 13.7. The van der Waals surface area contributed by atoms with Crippen molar-refractivity contribution in [2.45, 2.75) is 52.7 Å². The van der Waals surface area contributed by atoms with Crippen molar-refractivity contribution in [1.82, 2.24) is 10.2 Å². The molecule has 9 nitrogen and oxygen atoms in total. The summed E-state index contributed by atoms with van der Waals surface area (Å²) < 4.78 is 38.4. The van der Waals surface area contributed by atoms with Crippen LogP contribution in [0.15, 0.2) is 42.5 Å². The van der Waals surface area contributed by atoms with Gasteiger partial charge in [-0.25, -0.2) is 8.42 Å². The van der Waals surface area contributed by atoms with Crippen LogP contribution in [-0.2, 0) is 26.2 Å². The van der Waals surface area contributed by atoms with E-state index in [-0.39, 0.29) is 29.9 Å². The molecule has 11 heteroatoms. The normalized spacial score (nSPS) is 14.4. The minimum absolute atomic E-state index is 0.0365. The number of sulfonamides is 1. The number of benzene rings is 2. The zero-order valence-electron chi connectivity index (χ0n) is 21.6. The van der Waals surface area contributed by atoms with Crippen LogP contribution in [0.25, 0.3) is 0 Å². The molecule has 0 saturated carbocycles. The summed E-state index contributed by atoms with van der Waals surface area (Å²) in [4.78, 5) is 28.1. The van der Waals surface area contributed by atoms with Gasteiger partial charge in [-0.15, -0.1) is 0 Å². The third-order valence-electron chi connectivity index (χ3n) is 6.26. The number of nitrogens with zero attached hydrogens (tertiary/aromatic N) is 2. The lowest BCUT2D eigenvalue weighted by Crippen LogP contribution is -2.52. The van der Waals surface area contributed by atoms with Crippen molar-refractivity contribution in [3.05, 3.63) is 53.1 Å². The molecule has 2 amide bonds. The van der Waals surface area contributed by atoms with Crippen LogP contribution in [0, 0.1) is 0 Å². The molecule has 202 valence electrons. The van der Waals surface area contributed by atoms with Gasteiger partial charge in [-0.3, -0.25) is 13.9 Å². The monoisotopic (exact) mass is 551 g/mol. The minimum Gasteiger partial charge on any atom is -0.486 e. The fourth-order valence-corrected chi connectivity index (χ4v) is 5.01. The van der Waals surface area contributed by atoms with E-state index >= 15 is 0 Å². The van der Waals surface area contributed by atoms with Gasteiger partial charge in [0.25, 0.3) is 0 Å². The quantitative estimate of drug-likeness (QED) is 0.457. The number of hydrogen-bond acceptors (Lipinski definition) is 6. The summed E-state index contributed by atoms with van der Waals surface area (Å²) in [6.45, 7) is 7.23. The Morgan fingerprint density at radius 1 is 1.05 bits per heavy atom. The predicted molar refractivity (Wildman–Crippen MR) is 144 cm³/mol. The summed E-state index contributed by atoms with van der Waals surface area (Å²) in [5.74, 6) is -0.186.